The second-order valence-electron chi connectivity index (χ2n) is 3.82. The monoisotopic (exact) mass is 211 g/mol. The summed E-state index contributed by atoms with van der Waals surface area (Å²) in [5.74, 6) is -1.01. The van der Waals surface area contributed by atoms with E-state index in [1.807, 2.05) is 0 Å². The molecule has 2 rings (SSSR count). The highest BCUT2D eigenvalue weighted by Gasteiger charge is 2.47. The van der Waals surface area contributed by atoms with Crippen molar-refractivity contribution >= 4 is 11.8 Å². The van der Waals surface area contributed by atoms with Gasteiger partial charge in [-0.3, -0.25) is 19.7 Å². The molecule has 0 radical (unpaired) electrons. The maximum atomic E-state index is 11.8. The number of fused-ring (bicyclic) bond motifs is 1. The summed E-state index contributed by atoms with van der Waals surface area (Å²) in [6.07, 6.45) is 3.19. The van der Waals surface area contributed by atoms with Gasteiger partial charge in [0.25, 0.3) is 0 Å². The van der Waals surface area contributed by atoms with Crippen molar-refractivity contribution in [2.75, 3.05) is 6.54 Å². The molecule has 0 aromatic rings. The van der Waals surface area contributed by atoms with Crippen LogP contribution in [0.1, 0.15) is 13.3 Å². The smallest absolute Gasteiger partial charge is 0.236 e. The number of hydrogen-bond acceptors (Lipinski definition) is 4. The van der Waals surface area contributed by atoms with Gasteiger partial charge in [-0.05, 0) is 13.3 Å². The van der Waals surface area contributed by atoms with Crippen LogP contribution in [0.5, 0.6) is 0 Å². The molecule has 1 fully saturated rings. The van der Waals surface area contributed by atoms with E-state index >= 15 is 0 Å². The first kappa shape index (κ1) is 10.3. The molecule has 0 aromatic carbocycles. The number of carbonyl (C=O) groups excluding carboxylic acids is 2. The van der Waals surface area contributed by atoms with Gasteiger partial charge in [-0.25, -0.2) is 4.89 Å². The molecule has 1 aliphatic heterocycles. The minimum absolute atomic E-state index is 0.139. The van der Waals surface area contributed by atoms with Gasteiger partial charge in [0.2, 0.25) is 11.8 Å². The highest BCUT2D eigenvalue weighted by molar-refractivity contribution is 6.06. The van der Waals surface area contributed by atoms with E-state index in [2.05, 4.69) is 4.89 Å². The van der Waals surface area contributed by atoms with Crippen LogP contribution >= 0.6 is 0 Å². The maximum absolute atomic E-state index is 11.8. The zero-order chi connectivity index (χ0) is 11.0. The van der Waals surface area contributed by atoms with Gasteiger partial charge in [0.1, 0.15) is 6.10 Å². The third-order valence-corrected chi connectivity index (χ3v) is 3.04. The van der Waals surface area contributed by atoms with E-state index in [0.717, 1.165) is 0 Å². The fourth-order valence-corrected chi connectivity index (χ4v) is 2.24. The van der Waals surface area contributed by atoms with Gasteiger partial charge in [-0.2, -0.15) is 0 Å². The number of amides is 2. The van der Waals surface area contributed by atoms with Crippen LogP contribution in [0.25, 0.3) is 0 Å². The van der Waals surface area contributed by atoms with E-state index in [4.69, 9.17) is 5.26 Å². The minimum Gasteiger partial charge on any atom is -0.282 e. The van der Waals surface area contributed by atoms with Crippen LogP contribution in [-0.2, 0) is 14.5 Å². The van der Waals surface area contributed by atoms with Crippen LogP contribution in [-0.4, -0.2) is 34.6 Å². The Labute approximate surface area is 87.2 Å². The van der Waals surface area contributed by atoms with E-state index < -0.39 is 6.10 Å². The lowest BCUT2D eigenvalue weighted by atomic mass is 9.85. The molecule has 2 aliphatic rings. The van der Waals surface area contributed by atoms with Crippen LogP contribution < -0.4 is 0 Å². The summed E-state index contributed by atoms with van der Waals surface area (Å²) in [4.78, 5) is 28.9. The van der Waals surface area contributed by atoms with Crippen LogP contribution in [0.15, 0.2) is 12.2 Å². The molecule has 5 nitrogen and oxygen atoms in total. The Hall–Kier alpha value is -1.20. The van der Waals surface area contributed by atoms with Crippen molar-refractivity contribution < 1.29 is 19.7 Å². The lowest BCUT2D eigenvalue weighted by Crippen LogP contribution is -2.31. The largest absolute Gasteiger partial charge is 0.282 e. The lowest BCUT2D eigenvalue weighted by Gasteiger charge is -2.20. The standard InChI is InChI=1S/C10H13NO4/c1-2-11-9(12)7-4-3-6(15-14)5-8(7)10(11)13/h3-4,6-8,14H,2,5H2,1H3/t6-,7-,8+/m1/s1. The molecule has 1 heterocycles. The number of rotatable bonds is 2. The van der Waals surface area contributed by atoms with Gasteiger partial charge >= 0.3 is 0 Å². The zero-order valence-corrected chi connectivity index (χ0v) is 8.42. The molecule has 1 aliphatic carbocycles. The summed E-state index contributed by atoms with van der Waals surface area (Å²) in [6, 6.07) is 0. The van der Waals surface area contributed by atoms with E-state index in [1.165, 1.54) is 4.90 Å². The second kappa shape index (κ2) is 3.75. The molecule has 3 atom stereocenters. The molecule has 5 heteroatoms. The highest BCUT2D eigenvalue weighted by atomic mass is 17.1. The van der Waals surface area contributed by atoms with E-state index in [1.54, 1.807) is 19.1 Å². The van der Waals surface area contributed by atoms with Crippen molar-refractivity contribution in [1.29, 1.82) is 0 Å². The summed E-state index contributed by atoms with van der Waals surface area (Å²) < 4.78 is 0. The normalized spacial score (nSPS) is 34.8. The van der Waals surface area contributed by atoms with Gasteiger partial charge in [0, 0.05) is 6.54 Å². The summed E-state index contributed by atoms with van der Waals surface area (Å²) in [5.41, 5.74) is 0. The number of likely N-dealkylation sites (tertiary alicyclic amines) is 1. The predicted molar refractivity (Wildman–Crippen MR) is 50.6 cm³/mol. The van der Waals surface area contributed by atoms with Crippen LogP contribution in [0, 0.1) is 11.8 Å². The number of imide groups is 1. The lowest BCUT2D eigenvalue weighted by molar-refractivity contribution is -0.269. The van der Waals surface area contributed by atoms with E-state index in [9.17, 15) is 9.59 Å². The zero-order valence-electron chi connectivity index (χ0n) is 8.42. The predicted octanol–water partition coefficient (Wildman–Crippen LogP) is 0.426. The Morgan fingerprint density at radius 2 is 2.20 bits per heavy atom. The third kappa shape index (κ3) is 1.48. The van der Waals surface area contributed by atoms with Crippen LogP contribution in [0.3, 0.4) is 0 Å². The fraction of sp³-hybridized carbons (Fsp3) is 0.600. The first-order chi connectivity index (χ1) is 7.19. The second-order valence-corrected chi connectivity index (χ2v) is 3.82. The van der Waals surface area contributed by atoms with Crippen molar-refractivity contribution in [1.82, 2.24) is 4.90 Å². The van der Waals surface area contributed by atoms with Crippen molar-refractivity contribution in [3.8, 4) is 0 Å². The average molecular weight is 211 g/mol. The number of nitrogens with zero attached hydrogens (tertiary/aromatic N) is 1. The third-order valence-electron chi connectivity index (χ3n) is 3.04. The summed E-state index contributed by atoms with van der Waals surface area (Å²) in [5, 5.41) is 8.53. The van der Waals surface area contributed by atoms with E-state index in [0.29, 0.717) is 13.0 Å². The highest BCUT2D eigenvalue weighted by Crippen LogP contribution is 2.34. The van der Waals surface area contributed by atoms with Crippen molar-refractivity contribution in [3.63, 3.8) is 0 Å². The molecule has 15 heavy (non-hydrogen) atoms. The van der Waals surface area contributed by atoms with Gasteiger partial charge in [-0.1, -0.05) is 12.2 Å². The Kier molecular flexibility index (Phi) is 2.58. The van der Waals surface area contributed by atoms with Gasteiger partial charge in [0.05, 0.1) is 11.8 Å². The summed E-state index contributed by atoms with van der Waals surface area (Å²) in [7, 11) is 0. The molecular formula is C10H13NO4. The molecule has 0 aromatic heterocycles. The average Bonchev–Trinajstić information content (AvgIpc) is 2.51. The Morgan fingerprint density at radius 1 is 1.47 bits per heavy atom. The molecule has 82 valence electrons. The quantitative estimate of drug-likeness (QED) is 0.311. The topological polar surface area (TPSA) is 66.8 Å². The van der Waals surface area contributed by atoms with E-state index in [-0.39, 0.29) is 23.7 Å². The summed E-state index contributed by atoms with van der Waals surface area (Å²) >= 11 is 0. The van der Waals surface area contributed by atoms with Gasteiger partial charge in [0.15, 0.2) is 0 Å². The Balaban J connectivity index is 2.24. The molecule has 1 N–H and O–H groups in total. The van der Waals surface area contributed by atoms with Crippen molar-refractivity contribution in [2.45, 2.75) is 19.4 Å². The first-order valence-corrected chi connectivity index (χ1v) is 5.02. The van der Waals surface area contributed by atoms with Crippen LogP contribution in [0.4, 0.5) is 0 Å². The molecule has 1 saturated heterocycles. The molecule has 0 unspecified atom stereocenters. The molecule has 0 spiro atoms. The fourth-order valence-electron chi connectivity index (χ4n) is 2.24. The maximum Gasteiger partial charge on any atom is 0.236 e. The molecule has 2 amide bonds. The molecule has 0 bridgehead atoms. The summed E-state index contributed by atoms with van der Waals surface area (Å²) in [6.45, 7) is 2.18. The number of carbonyl (C=O) groups is 2. The minimum atomic E-state index is -0.472. The Morgan fingerprint density at radius 3 is 2.80 bits per heavy atom. The number of hydrogen-bond donors (Lipinski definition) is 1. The van der Waals surface area contributed by atoms with Crippen LogP contribution in [0.2, 0.25) is 0 Å². The Bertz CT molecular complexity index is 325. The van der Waals surface area contributed by atoms with Crippen molar-refractivity contribution in [2.24, 2.45) is 11.8 Å². The SMILES string of the molecule is CCN1C(=O)[C@H]2C[C@H](OO)C=C[C@H]2C1=O. The molecule has 0 saturated carbocycles. The van der Waals surface area contributed by atoms with Crippen molar-refractivity contribution in [3.05, 3.63) is 12.2 Å². The first-order valence-electron chi connectivity index (χ1n) is 5.02. The molecular weight excluding hydrogens is 198 g/mol. The van der Waals surface area contributed by atoms with Gasteiger partial charge < -0.3 is 0 Å². The van der Waals surface area contributed by atoms with Gasteiger partial charge in [-0.15, -0.1) is 0 Å².